The second kappa shape index (κ2) is 20.0. The third-order valence-corrected chi connectivity index (χ3v) is 7.87. The van der Waals surface area contributed by atoms with Gasteiger partial charge in [0.1, 0.15) is 0 Å². The maximum absolute atomic E-state index is 11.5. The molecule has 0 saturated heterocycles. The first kappa shape index (κ1) is 24.7. The van der Waals surface area contributed by atoms with Crippen molar-refractivity contribution in [2.75, 3.05) is 59.3 Å². The lowest BCUT2D eigenvalue weighted by Crippen LogP contribution is -2.22. The van der Waals surface area contributed by atoms with Gasteiger partial charge in [-0.2, -0.15) is 11.8 Å². The summed E-state index contributed by atoms with van der Waals surface area (Å²) in [6.45, 7) is 3.61. The molecule has 24 heavy (non-hydrogen) atoms. The standard InChI is InChI=1S/C14H28N2O3S5/c1-2-11-24(19)12-15-3-6-21-13-22-7-4-16-14(18)23-10-9-20-8-5-17/h12,17H,2-11,13H2,1H3,(H,16,18). The van der Waals surface area contributed by atoms with Crippen molar-refractivity contribution in [2.45, 2.75) is 13.3 Å². The molecule has 1 atom stereocenters. The zero-order chi connectivity index (χ0) is 17.9. The summed E-state index contributed by atoms with van der Waals surface area (Å²) in [6, 6.07) is 0. The van der Waals surface area contributed by atoms with Crippen molar-refractivity contribution < 1.29 is 14.1 Å². The summed E-state index contributed by atoms with van der Waals surface area (Å²) in [7, 11) is -0.902. The minimum atomic E-state index is -0.902. The molecule has 0 aromatic carbocycles. The van der Waals surface area contributed by atoms with Gasteiger partial charge in [-0.05, 0) is 6.42 Å². The quantitative estimate of drug-likeness (QED) is 0.168. The Labute approximate surface area is 165 Å². The Hall–Kier alpha value is 0.650. The number of aliphatic hydroxyl groups excluding tert-OH is 1. The van der Waals surface area contributed by atoms with E-state index in [0.717, 1.165) is 40.3 Å². The molecule has 1 unspecified atom stereocenters. The molecule has 2 N–H and O–H groups in total. The molecule has 0 heterocycles. The minimum absolute atomic E-state index is 0.0299. The van der Waals surface area contributed by atoms with Crippen LogP contribution in [-0.4, -0.2) is 79.4 Å². The predicted octanol–water partition coefficient (Wildman–Crippen LogP) is 2.77. The van der Waals surface area contributed by atoms with Crippen LogP contribution in [-0.2, 0) is 10.8 Å². The highest BCUT2D eigenvalue weighted by atomic mass is 32.2. The monoisotopic (exact) mass is 432 g/mol. The zero-order valence-corrected chi connectivity index (χ0v) is 18.2. The Morgan fingerprint density at radius 2 is 1.96 bits per heavy atom. The van der Waals surface area contributed by atoms with Gasteiger partial charge in [0.15, 0.2) is 0 Å². The highest BCUT2D eigenvalue weighted by Crippen LogP contribution is 2.11. The molecular weight excluding hydrogens is 405 g/mol. The van der Waals surface area contributed by atoms with Crippen molar-refractivity contribution in [3.05, 3.63) is 0 Å². The lowest BCUT2D eigenvalue weighted by Gasteiger charge is -2.04. The van der Waals surface area contributed by atoms with Crippen molar-refractivity contribution >= 4 is 68.6 Å². The topological polar surface area (TPSA) is 78.8 Å². The van der Waals surface area contributed by atoms with Gasteiger partial charge in [0.2, 0.25) is 0 Å². The Morgan fingerprint density at radius 3 is 2.71 bits per heavy atom. The van der Waals surface area contributed by atoms with Crippen LogP contribution in [0.3, 0.4) is 0 Å². The van der Waals surface area contributed by atoms with Gasteiger partial charge in [-0.3, -0.25) is 14.0 Å². The average molecular weight is 433 g/mol. The molecule has 0 aliphatic rings. The van der Waals surface area contributed by atoms with Gasteiger partial charge in [0.05, 0.1) is 23.0 Å². The van der Waals surface area contributed by atoms with Crippen LogP contribution in [0, 0.1) is 0 Å². The molecule has 0 aromatic rings. The summed E-state index contributed by atoms with van der Waals surface area (Å²) >= 11 is 6.57. The molecule has 5 nitrogen and oxygen atoms in total. The lowest BCUT2D eigenvalue weighted by molar-refractivity contribution is 0.261. The number of amides is 1. The van der Waals surface area contributed by atoms with Crippen molar-refractivity contribution in [3.8, 4) is 0 Å². The third-order valence-electron chi connectivity index (χ3n) is 2.34. The third kappa shape index (κ3) is 19.0. The molecule has 10 heteroatoms. The van der Waals surface area contributed by atoms with Crippen LogP contribution < -0.4 is 5.32 Å². The van der Waals surface area contributed by atoms with E-state index in [0.29, 0.717) is 18.8 Å². The second-order valence-corrected chi connectivity index (χ2v) is 10.7. The zero-order valence-electron chi connectivity index (χ0n) is 14.1. The highest BCUT2D eigenvalue weighted by Gasteiger charge is 2.01. The van der Waals surface area contributed by atoms with E-state index >= 15 is 0 Å². The van der Waals surface area contributed by atoms with Crippen LogP contribution in [0.2, 0.25) is 0 Å². The number of hydrogen-bond donors (Lipinski definition) is 2. The van der Waals surface area contributed by atoms with E-state index in [1.54, 1.807) is 29.1 Å². The minimum Gasteiger partial charge on any atom is -0.396 e. The second-order valence-electron chi connectivity index (χ2n) is 4.43. The number of aliphatic hydroxyl groups is 1. The number of carbonyl (C=O) groups excluding carboxylic acids is 1. The molecule has 0 bridgehead atoms. The first-order valence-corrected chi connectivity index (χ1v) is 13.7. The SMILES string of the molecule is CCCS(=O)C=NCCSCSCCNC(=O)SCCSCCO. The van der Waals surface area contributed by atoms with Gasteiger partial charge >= 0.3 is 0 Å². The van der Waals surface area contributed by atoms with E-state index in [2.05, 4.69) is 10.3 Å². The number of carbonyl (C=O) groups is 1. The lowest BCUT2D eigenvalue weighted by atomic mass is 10.6. The van der Waals surface area contributed by atoms with Crippen LogP contribution in [0.15, 0.2) is 4.99 Å². The van der Waals surface area contributed by atoms with E-state index in [1.165, 1.54) is 11.8 Å². The molecule has 0 aliphatic heterocycles. The van der Waals surface area contributed by atoms with Crippen LogP contribution in [0.1, 0.15) is 13.3 Å². The number of rotatable bonds is 16. The van der Waals surface area contributed by atoms with E-state index in [9.17, 15) is 9.00 Å². The smallest absolute Gasteiger partial charge is 0.279 e. The van der Waals surface area contributed by atoms with Crippen LogP contribution in [0.5, 0.6) is 0 Å². The first-order chi connectivity index (χ1) is 11.7. The fourth-order valence-electron chi connectivity index (χ4n) is 1.32. The van der Waals surface area contributed by atoms with Crippen molar-refractivity contribution in [1.29, 1.82) is 0 Å². The number of hydrogen-bond acceptors (Lipinski definition) is 8. The van der Waals surface area contributed by atoms with E-state index in [4.69, 9.17) is 5.11 Å². The average Bonchev–Trinajstić information content (AvgIpc) is 2.56. The normalized spacial score (nSPS) is 12.6. The molecule has 0 saturated carbocycles. The Bertz CT molecular complexity index is 359. The molecular formula is C14H28N2O3S5. The Kier molecular flexibility index (Phi) is 20.5. The predicted molar refractivity (Wildman–Crippen MR) is 117 cm³/mol. The highest BCUT2D eigenvalue weighted by molar-refractivity contribution is 8.16. The molecule has 0 fully saturated rings. The number of aliphatic imine (C=N–C) groups is 1. The van der Waals surface area contributed by atoms with Crippen LogP contribution in [0.4, 0.5) is 4.79 Å². The van der Waals surface area contributed by atoms with Gasteiger partial charge in [-0.25, -0.2) is 0 Å². The number of thioether (sulfide) groups is 4. The molecule has 0 spiro atoms. The maximum Gasteiger partial charge on any atom is 0.279 e. The Morgan fingerprint density at radius 1 is 1.17 bits per heavy atom. The van der Waals surface area contributed by atoms with E-state index in [-0.39, 0.29) is 11.8 Å². The molecule has 0 aliphatic carbocycles. The van der Waals surface area contributed by atoms with E-state index < -0.39 is 10.8 Å². The fraction of sp³-hybridized carbons (Fsp3) is 0.857. The molecule has 1 amide bonds. The summed E-state index contributed by atoms with van der Waals surface area (Å²) < 4.78 is 11.3. The summed E-state index contributed by atoms with van der Waals surface area (Å²) in [5.74, 6) is 4.93. The van der Waals surface area contributed by atoms with Gasteiger partial charge < -0.3 is 10.4 Å². The summed E-state index contributed by atoms with van der Waals surface area (Å²) in [4.78, 5) is 15.7. The summed E-state index contributed by atoms with van der Waals surface area (Å²) in [6.07, 6.45) is 0.918. The van der Waals surface area contributed by atoms with Crippen molar-refractivity contribution in [2.24, 2.45) is 4.99 Å². The summed E-state index contributed by atoms with van der Waals surface area (Å²) in [5, 5.41) is 12.5. The van der Waals surface area contributed by atoms with E-state index in [1.807, 2.05) is 18.7 Å². The van der Waals surface area contributed by atoms with Crippen molar-refractivity contribution in [1.82, 2.24) is 5.32 Å². The molecule has 0 radical (unpaired) electrons. The summed E-state index contributed by atoms with van der Waals surface area (Å²) in [5.41, 5.74) is 1.56. The molecule has 0 aromatic heterocycles. The van der Waals surface area contributed by atoms with Gasteiger partial charge in [0, 0.05) is 52.7 Å². The first-order valence-electron chi connectivity index (χ1n) is 7.82. The molecule has 142 valence electrons. The van der Waals surface area contributed by atoms with Crippen LogP contribution in [0.25, 0.3) is 0 Å². The Balaban J connectivity index is 3.27. The van der Waals surface area contributed by atoms with Crippen LogP contribution >= 0.6 is 47.0 Å². The largest absolute Gasteiger partial charge is 0.396 e. The fourth-order valence-corrected chi connectivity index (χ4v) is 5.52. The van der Waals surface area contributed by atoms with Gasteiger partial charge in [-0.1, -0.05) is 18.7 Å². The number of nitrogens with one attached hydrogen (secondary N) is 1. The number of nitrogens with zero attached hydrogens (tertiary/aromatic N) is 1. The van der Waals surface area contributed by atoms with Crippen molar-refractivity contribution in [3.63, 3.8) is 0 Å². The molecule has 0 rings (SSSR count). The van der Waals surface area contributed by atoms with Gasteiger partial charge in [0.25, 0.3) is 5.24 Å². The maximum atomic E-state index is 11.5. The van der Waals surface area contributed by atoms with Gasteiger partial charge in [-0.15, -0.1) is 23.5 Å².